The molecule has 0 saturated carbocycles. The Morgan fingerprint density at radius 2 is 1.97 bits per heavy atom. The molecular weight excluding hydrogens is 428 g/mol. The van der Waals surface area contributed by atoms with E-state index in [1.807, 2.05) is 75.4 Å². The molecule has 0 spiro atoms. The summed E-state index contributed by atoms with van der Waals surface area (Å²) in [6.07, 6.45) is 7.84. The van der Waals surface area contributed by atoms with Gasteiger partial charge in [-0.1, -0.05) is 12.1 Å². The van der Waals surface area contributed by atoms with Crippen LogP contribution in [-0.2, 0) is 11.2 Å². The number of fused-ring (bicyclic) bond motifs is 2. The largest absolute Gasteiger partial charge is 0.443 e. The van der Waals surface area contributed by atoms with E-state index in [-0.39, 0.29) is 5.91 Å². The van der Waals surface area contributed by atoms with Gasteiger partial charge in [-0.3, -0.25) is 14.3 Å². The van der Waals surface area contributed by atoms with Crippen LogP contribution in [0.1, 0.15) is 48.1 Å². The first kappa shape index (κ1) is 21.7. The smallest absolute Gasteiger partial charge is 0.418 e. The van der Waals surface area contributed by atoms with Crippen LogP contribution in [0.2, 0.25) is 0 Å². The fourth-order valence-electron chi connectivity index (χ4n) is 4.07. The number of amides is 1. The number of nitrogens with one attached hydrogen (secondary N) is 2. The average molecular weight is 455 g/mol. The molecule has 7 nitrogen and oxygen atoms in total. The molecule has 7 heteroatoms. The number of aromatic nitrogens is 3. The number of pyridine rings is 1. The van der Waals surface area contributed by atoms with Crippen LogP contribution in [0.15, 0.2) is 54.9 Å². The molecule has 0 radical (unpaired) electrons. The van der Waals surface area contributed by atoms with Gasteiger partial charge in [-0.2, -0.15) is 0 Å². The van der Waals surface area contributed by atoms with Gasteiger partial charge in [-0.15, -0.1) is 0 Å². The molecule has 2 N–H and O–H groups in total. The van der Waals surface area contributed by atoms with Gasteiger partial charge in [0.05, 0.1) is 16.8 Å². The first-order valence-corrected chi connectivity index (χ1v) is 11.3. The Balaban J connectivity index is 1.37. The molecule has 0 bridgehead atoms. The molecule has 1 aliphatic rings. The minimum atomic E-state index is -0.552. The molecule has 0 unspecified atom stereocenters. The second-order valence-electron chi connectivity index (χ2n) is 9.37. The summed E-state index contributed by atoms with van der Waals surface area (Å²) in [7, 11) is 0. The van der Waals surface area contributed by atoms with E-state index in [1.165, 1.54) is 4.57 Å². The minimum absolute atomic E-state index is 0.0335. The van der Waals surface area contributed by atoms with Crippen LogP contribution in [0.3, 0.4) is 0 Å². The molecule has 3 aromatic heterocycles. The van der Waals surface area contributed by atoms with E-state index in [4.69, 9.17) is 4.74 Å². The third-order valence-electron chi connectivity index (χ3n) is 5.65. The zero-order valence-electron chi connectivity index (χ0n) is 19.4. The van der Waals surface area contributed by atoms with Gasteiger partial charge >= 0.3 is 6.09 Å². The molecule has 1 aliphatic heterocycles. The highest BCUT2D eigenvalue weighted by Crippen LogP contribution is 2.25. The number of aromatic amines is 1. The maximum atomic E-state index is 12.5. The van der Waals surface area contributed by atoms with Gasteiger partial charge in [-0.05, 0) is 68.8 Å². The van der Waals surface area contributed by atoms with Crippen molar-refractivity contribution in [3.05, 3.63) is 77.4 Å². The van der Waals surface area contributed by atoms with Crippen LogP contribution in [0, 0.1) is 0 Å². The number of H-pyrrole nitrogens is 1. The quantitative estimate of drug-likeness (QED) is 0.441. The maximum absolute atomic E-state index is 12.5. The molecule has 5 rings (SSSR count). The summed E-state index contributed by atoms with van der Waals surface area (Å²) in [4.78, 5) is 32.4. The second kappa shape index (κ2) is 8.33. The molecule has 0 atom stereocenters. The SMILES string of the molecule is CC(C)(C)OC(=O)n1ccc2cc(/C=C/c3cc(-c4cc5c([nH]4)CCNC5=O)ccn3)ccc21. The lowest BCUT2D eigenvalue weighted by atomic mass is 10.1. The highest BCUT2D eigenvalue weighted by Gasteiger charge is 2.20. The summed E-state index contributed by atoms with van der Waals surface area (Å²) in [6.45, 7) is 6.21. The van der Waals surface area contributed by atoms with Crippen molar-refractivity contribution in [1.29, 1.82) is 0 Å². The summed E-state index contributed by atoms with van der Waals surface area (Å²) in [5.41, 5.74) is 5.61. The zero-order chi connectivity index (χ0) is 23.9. The minimum Gasteiger partial charge on any atom is -0.443 e. The number of carbonyl (C=O) groups excluding carboxylic acids is 2. The van der Waals surface area contributed by atoms with Crippen molar-refractivity contribution in [2.24, 2.45) is 0 Å². The van der Waals surface area contributed by atoms with Gasteiger partial charge in [0.2, 0.25) is 0 Å². The second-order valence-corrected chi connectivity index (χ2v) is 9.37. The highest BCUT2D eigenvalue weighted by molar-refractivity contribution is 5.98. The lowest BCUT2D eigenvalue weighted by Gasteiger charge is -2.19. The van der Waals surface area contributed by atoms with Crippen LogP contribution in [0.5, 0.6) is 0 Å². The van der Waals surface area contributed by atoms with Crippen molar-refractivity contribution >= 4 is 35.1 Å². The van der Waals surface area contributed by atoms with Gasteiger partial charge in [0, 0.05) is 47.7 Å². The van der Waals surface area contributed by atoms with Gasteiger partial charge in [0.1, 0.15) is 5.60 Å². The zero-order valence-corrected chi connectivity index (χ0v) is 19.4. The van der Waals surface area contributed by atoms with Crippen molar-refractivity contribution in [3.63, 3.8) is 0 Å². The molecule has 4 heterocycles. The van der Waals surface area contributed by atoms with Crippen molar-refractivity contribution in [1.82, 2.24) is 19.9 Å². The molecular formula is C27H26N4O3. The number of ether oxygens (including phenoxy) is 1. The first-order valence-electron chi connectivity index (χ1n) is 11.3. The van der Waals surface area contributed by atoms with E-state index in [9.17, 15) is 9.59 Å². The lowest BCUT2D eigenvalue weighted by molar-refractivity contribution is 0.0544. The summed E-state index contributed by atoms with van der Waals surface area (Å²) in [5.74, 6) is -0.0335. The third kappa shape index (κ3) is 4.37. The Morgan fingerprint density at radius 3 is 2.76 bits per heavy atom. The number of benzene rings is 1. The van der Waals surface area contributed by atoms with E-state index in [2.05, 4.69) is 15.3 Å². The van der Waals surface area contributed by atoms with Crippen LogP contribution in [0.4, 0.5) is 4.79 Å². The Hall–Kier alpha value is -4.13. The van der Waals surface area contributed by atoms with Crippen LogP contribution >= 0.6 is 0 Å². The summed E-state index contributed by atoms with van der Waals surface area (Å²) >= 11 is 0. The Kier molecular flexibility index (Phi) is 5.32. The molecule has 0 aliphatic carbocycles. The highest BCUT2D eigenvalue weighted by atomic mass is 16.6. The van der Waals surface area contributed by atoms with Crippen molar-refractivity contribution < 1.29 is 14.3 Å². The van der Waals surface area contributed by atoms with Gasteiger partial charge < -0.3 is 15.0 Å². The molecule has 1 aromatic carbocycles. The predicted molar refractivity (Wildman–Crippen MR) is 133 cm³/mol. The predicted octanol–water partition coefficient (Wildman–Crippen LogP) is 5.27. The van der Waals surface area contributed by atoms with Gasteiger partial charge in [0.25, 0.3) is 5.91 Å². The Bertz CT molecular complexity index is 1440. The lowest BCUT2D eigenvalue weighted by Crippen LogP contribution is -2.31. The van der Waals surface area contributed by atoms with Gasteiger partial charge in [-0.25, -0.2) is 4.79 Å². The number of hydrogen-bond donors (Lipinski definition) is 2. The number of carbonyl (C=O) groups is 2. The Morgan fingerprint density at radius 1 is 1.12 bits per heavy atom. The first-order chi connectivity index (χ1) is 16.3. The molecule has 1 amide bonds. The fourth-order valence-corrected chi connectivity index (χ4v) is 4.07. The summed E-state index contributed by atoms with van der Waals surface area (Å²) in [5, 5.41) is 3.82. The van der Waals surface area contributed by atoms with E-state index < -0.39 is 11.7 Å². The number of rotatable bonds is 3. The molecule has 0 fully saturated rings. The van der Waals surface area contributed by atoms with Crippen molar-refractivity contribution in [3.8, 4) is 11.3 Å². The Labute approximate surface area is 197 Å². The topological polar surface area (TPSA) is 89.0 Å². The summed E-state index contributed by atoms with van der Waals surface area (Å²) in [6, 6.07) is 13.6. The average Bonchev–Trinajstić information content (AvgIpc) is 3.42. The molecule has 0 saturated heterocycles. The number of hydrogen-bond acceptors (Lipinski definition) is 4. The molecule has 172 valence electrons. The number of nitrogens with zero attached hydrogens (tertiary/aromatic N) is 2. The van der Waals surface area contributed by atoms with Gasteiger partial charge in [0.15, 0.2) is 0 Å². The fraction of sp³-hybridized carbons (Fsp3) is 0.222. The maximum Gasteiger partial charge on any atom is 0.418 e. The van der Waals surface area contributed by atoms with E-state index in [0.717, 1.165) is 45.5 Å². The summed E-state index contributed by atoms with van der Waals surface area (Å²) < 4.78 is 7.01. The molecule has 34 heavy (non-hydrogen) atoms. The van der Waals surface area contributed by atoms with E-state index in [0.29, 0.717) is 12.1 Å². The van der Waals surface area contributed by atoms with Crippen molar-refractivity contribution in [2.75, 3.05) is 6.54 Å². The van der Waals surface area contributed by atoms with Crippen LogP contribution < -0.4 is 5.32 Å². The molecule has 4 aromatic rings. The standard InChI is InChI=1S/C27H26N4O3/c1-27(2,3)34-26(33)31-13-10-19-14-17(5-7-24(19)31)4-6-20-15-18(8-11-28-20)23-16-21-22(30-23)9-12-29-25(21)32/h4-8,10-11,13-16,30H,9,12H2,1-3H3,(H,29,32)/b6-4+. The van der Waals surface area contributed by atoms with Crippen LogP contribution in [0.25, 0.3) is 34.3 Å². The third-order valence-corrected chi connectivity index (χ3v) is 5.65. The van der Waals surface area contributed by atoms with Crippen molar-refractivity contribution in [2.45, 2.75) is 32.8 Å². The van der Waals surface area contributed by atoms with E-state index >= 15 is 0 Å². The van der Waals surface area contributed by atoms with Crippen LogP contribution in [-0.4, -0.2) is 38.7 Å². The normalized spacial score (nSPS) is 13.8. The monoisotopic (exact) mass is 454 g/mol. The van der Waals surface area contributed by atoms with E-state index in [1.54, 1.807) is 12.4 Å².